The van der Waals surface area contributed by atoms with Gasteiger partial charge in [-0.05, 0) is 19.8 Å². The summed E-state index contributed by atoms with van der Waals surface area (Å²) in [6.45, 7) is 8.03. The molecular weight excluding hydrogens is 320 g/mol. The number of aliphatic hydroxyl groups excluding tert-OH is 1. The molecule has 140 valence electrons. The third-order valence-corrected chi connectivity index (χ3v) is 4.84. The van der Waals surface area contributed by atoms with Crippen LogP contribution in [-0.2, 0) is 0 Å². The van der Waals surface area contributed by atoms with Crippen LogP contribution in [0.3, 0.4) is 0 Å². The molecule has 8 nitrogen and oxygen atoms in total. The lowest BCUT2D eigenvalue weighted by molar-refractivity contribution is 0.122. The fourth-order valence-corrected chi connectivity index (χ4v) is 3.48. The number of piperazine rings is 1. The fraction of sp³-hybridized carbons (Fsp3) is 0.824. The quantitative estimate of drug-likeness (QED) is 0.834. The molecule has 1 aromatic rings. The SMILES string of the molecule is COc1nc(N2CCCCCC2)nc(N2CCN(C[C@@H](C)O)CC2)n1. The number of hydrogen-bond donors (Lipinski definition) is 1. The summed E-state index contributed by atoms with van der Waals surface area (Å²) in [5.41, 5.74) is 0. The third kappa shape index (κ3) is 4.92. The zero-order chi connectivity index (χ0) is 17.6. The van der Waals surface area contributed by atoms with E-state index < -0.39 is 0 Å². The number of hydrogen-bond acceptors (Lipinski definition) is 8. The Labute approximate surface area is 149 Å². The molecule has 2 aliphatic rings. The number of β-amino-alcohol motifs (C(OH)–C–C–N with tert-alkyl or cyclic N) is 1. The van der Waals surface area contributed by atoms with E-state index in [0.717, 1.165) is 45.2 Å². The molecule has 3 rings (SSSR count). The summed E-state index contributed by atoms with van der Waals surface area (Å²) in [7, 11) is 1.60. The minimum Gasteiger partial charge on any atom is -0.467 e. The smallest absolute Gasteiger partial charge is 0.322 e. The first-order valence-corrected chi connectivity index (χ1v) is 9.36. The Morgan fingerprint density at radius 1 is 0.880 bits per heavy atom. The minimum absolute atomic E-state index is 0.293. The van der Waals surface area contributed by atoms with Gasteiger partial charge in [0, 0.05) is 45.8 Å². The van der Waals surface area contributed by atoms with Gasteiger partial charge in [-0.25, -0.2) is 0 Å². The number of anilines is 2. The maximum Gasteiger partial charge on any atom is 0.322 e. The number of ether oxygens (including phenoxy) is 1. The van der Waals surface area contributed by atoms with E-state index in [9.17, 15) is 5.11 Å². The molecule has 0 spiro atoms. The van der Waals surface area contributed by atoms with Crippen molar-refractivity contribution in [1.29, 1.82) is 0 Å². The lowest BCUT2D eigenvalue weighted by Crippen LogP contribution is -2.48. The molecule has 0 unspecified atom stereocenters. The highest BCUT2D eigenvalue weighted by molar-refractivity contribution is 5.41. The Balaban J connectivity index is 1.71. The van der Waals surface area contributed by atoms with E-state index in [1.54, 1.807) is 7.11 Å². The van der Waals surface area contributed by atoms with Crippen LogP contribution >= 0.6 is 0 Å². The molecule has 3 heterocycles. The molecule has 1 aromatic heterocycles. The van der Waals surface area contributed by atoms with Crippen LogP contribution in [0.15, 0.2) is 0 Å². The topological polar surface area (TPSA) is 77.9 Å². The van der Waals surface area contributed by atoms with Crippen molar-refractivity contribution in [3.05, 3.63) is 0 Å². The molecular formula is C17H30N6O2. The predicted octanol–water partition coefficient (Wildman–Crippen LogP) is 0.763. The van der Waals surface area contributed by atoms with Crippen molar-refractivity contribution in [2.45, 2.75) is 38.7 Å². The zero-order valence-electron chi connectivity index (χ0n) is 15.4. The first kappa shape index (κ1) is 18.1. The van der Waals surface area contributed by atoms with Gasteiger partial charge in [-0.1, -0.05) is 12.8 Å². The van der Waals surface area contributed by atoms with Gasteiger partial charge in [-0.15, -0.1) is 0 Å². The van der Waals surface area contributed by atoms with Crippen LogP contribution in [0, 0.1) is 0 Å². The lowest BCUT2D eigenvalue weighted by Gasteiger charge is -2.35. The minimum atomic E-state index is -0.293. The average molecular weight is 350 g/mol. The molecule has 1 N–H and O–H groups in total. The van der Waals surface area contributed by atoms with Crippen molar-refractivity contribution in [2.24, 2.45) is 0 Å². The highest BCUT2D eigenvalue weighted by Gasteiger charge is 2.23. The second-order valence-corrected chi connectivity index (χ2v) is 6.96. The number of methoxy groups -OCH3 is 1. The van der Waals surface area contributed by atoms with Crippen molar-refractivity contribution in [2.75, 3.05) is 62.7 Å². The molecule has 0 aromatic carbocycles. The largest absolute Gasteiger partial charge is 0.467 e. The summed E-state index contributed by atoms with van der Waals surface area (Å²) in [6, 6.07) is 0.385. The third-order valence-electron chi connectivity index (χ3n) is 4.84. The number of aliphatic hydroxyl groups is 1. The van der Waals surface area contributed by atoms with E-state index >= 15 is 0 Å². The van der Waals surface area contributed by atoms with Gasteiger partial charge in [0.1, 0.15) is 0 Å². The molecule has 0 radical (unpaired) electrons. The van der Waals surface area contributed by atoms with Crippen molar-refractivity contribution in [1.82, 2.24) is 19.9 Å². The van der Waals surface area contributed by atoms with Gasteiger partial charge in [0.25, 0.3) is 0 Å². The van der Waals surface area contributed by atoms with Crippen LogP contribution in [0.1, 0.15) is 32.6 Å². The van der Waals surface area contributed by atoms with Gasteiger partial charge in [-0.2, -0.15) is 15.0 Å². The Bertz CT molecular complexity index is 540. The van der Waals surface area contributed by atoms with Crippen LogP contribution in [0.5, 0.6) is 6.01 Å². The molecule has 0 amide bonds. The molecule has 1 atom stereocenters. The van der Waals surface area contributed by atoms with Crippen molar-refractivity contribution >= 4 is 11.9 Å². The number of rotatable bonds is 5. The second-order valence-electron chi connectivity index (χ2n) is 6.96. The van der Waals surface area contributed by atoms with Gasteiger partial charge in [0.05, 0.1) is 13.2 Å². The Morgan fingerprint density at radius 2 is 1.44 bits per heavy atom. The van der Waals surface area contributed by atoms with Crippen LogP contribution in [0.25, 0.3) is 0 Å². The first-order chi connectivity index (χ1) is 12.2. The van der Waals surface area contributed by atoms with E-state index in [4.69, 9.17) is 9.72 Å². The molecule has 0 aliphatic carbocycles. The van der Waals surface area contributed by atoms with Gasteiger partial charge >= 0.3 is 6.01 Å². The van der Waals surface area contributed by atoms with Crippen molar-refractivity contribution in [3.8, 4) is 6.01 Å². The van der Waals surface area contributed by atoms with Crippen molar-refractivity contribution in [3.63, 3.8) is 0 Å². The van der Waals surface area contributed by atoms with E-state index in [2.05, 4.69) is 24.7 Å². The fourth-order valence-electron chi connectivity index (χ4n) is 3.48. The molecule has 2 fully saturated rings. The molecule has 25 heavy (non-hydrogen) atoms. The highest BCUT2D eigenvalue weighted by Crippen LogP contribution is 2.21. The predicted molar refractivity (Wildman–Crippen MR) is 97.4 cm³/mol. The van der Waals surface area contributed by atoms with Gasteiger partial charge in [0.15, 0.2) is 0 Å². The average Bonchev–Trinajstić information content (AvgIpc) is 2.91. The maximum atomic E-state index is 9.55. The lowest BCUT2D eigenvalue weighted by atomic mass is 10.2. The zero-order valence-corrected chi connectivity index (χ0v) is 15.4. The van der Waals surface area contributed by atoms with Gasteiger partial charge < -0.3 is 19.6 Å². The summed E-state index contributed by atoms with van der Waals surface area (Å²) in [5, 5.41) is 9.55. The Kier molecular flexibility index (Phi) is 6.25. The first-order valence-electron chi connectivity index (χ1n) is 9.36. The second kappa shape index (κ2) is 8.62. The molecule has 0 saturated carbocycles. The summed E-state index contributed by atoms with van der Waals surface area (Å²) >= 11 is 0. The van der Waals surface area contributed by atoms with Crippen molar-refractivity contribution < 1.29 is 9.84 Å². The van der Waals surface area contributed by atoms with E-state index in [-0.39, 0.29) is 6.10 Å². The summed E-state index contributed by atoms with van der Waals surface area (Å²) in [6.07, 6.45) is 4.62. The maximum absolute atomic E-state index is 9.55. The standard InChI is InChI=1S/C17H30N6O2/c1-14(24)13-21-9-11-23(12-10-21)16-18-15(19-17(20-16)25-2)22-7-5-3-4-6-8-22/h14,24H,3-13H2,1-2H3/t14-/m1/s1. The summed E-state index contributed by atoms with van der Waals surface area (Å²) < 4.78 is 5.32. The summed E-state index contributed by atoms with van der Waals surface area (Å²) in [4.78, 5) is 20.4. The number of aromatic nitrogens is 3. The monoisotopic (exact) mass is 350 g/mol. The normalized spacial score (nSPS) is 21.1. The van der Waals surface area contributed by atoms with Crippen LogP contribution in [0.4, 0.5) is 11.9 Å². The molecule has 2 saturated heterocycles. The Hall–Kier alpha value is -1.67. The molecule has 2 aliphatic heterocycles. The van der Waals surface area contributed by atoms with Crippen LogP contribution in [0.2, 0.25) is 0 Å². The molecule has 0 bridgehead atoms. The van der Waals surface area contributed by atoms with Crippen LogP contribution in [-0.4, -0.2) is 84.0 Å². The summed E-state index contributed by atoms with van der Waals surface area (Å²) in [5.74, 6) is 1.43. The Morgan fingerprint density at radius 3 is 1.96 bits per heavy atom. The van der Waals surface area contributed by atoms with E-state index in [0.29, 0.717) is 18.5 Å². The molecule has 8 heteroatoms. The number of nitrogens with zero attached hydrogens (tertiary/aromatic N) is 6. The van der Waals surface area contributed by atoms with E-state index in [1.807, 2.05) is 6.92 Å². The van der Waals surface area contributed by atoms with Crippen LogP contribution < -0.4 is 14.5 Å². The van der Waals surface area contributed by atoms with Gasteiger partial charge in [0.2, 0.25) is 11.9 Å². The van der Waals surface area contributed by atoms with E-state index in [1.165, 1.54) is 25.7 Å². The highest BCUT2D eigenvalue weighted by atomic mass is 16.5. The van der Waals surface area contributed by atoms with Gasteiger partial charge in [-0.3, -0.25) is 4.90 Å².